The number of carbonyl (C=O) groups is 1. The van der Waals surface area contributed by atoms with Crippen molar-refractivity contribution in [2.24, 2.45) is 0 Å². The SMILES string of the molecule is CC(=O)[C@@H](Sc1nc2ccccc2o1)c1ccccc1. The third kappa shape index (κ3) is 2.60. The van der Waals surface area contributed by atoms with E-state index in [1.54, 1.807) is 6.92 Å². The van der Waals surface area contributed by atoms with Gasteiger partial charge < -0.3 is 4.42 Å². The van der Waals surface area contributed by atoms with Crippen LogP contribution in [0, 0.1) is 0 Å². The van der Waals surface area contributed by atoms with Crippen LogP contribution in [0.3, 0.4) is 0 Å². The Bertz CT molecular complexity index is 703. The molecule has 1 aromatic heterocycles. The average Bonchev–Trinajstić information content (AvgIpc) is 2.88. The predicted molar refractivity (Wildman–Crippen MR) is 79.7 cm³/mol. The van der Waals surface area contributed by atoms with Gasteiger partial charge in [0, 0.05) is 0 Å². The van der Waals surface area contributed by atoms with Gasteiger partial charge in [-0.05, 0) is 24.6 Å². The highest BCUT2D eigenvalue weighted by molar-refractivity contribution is 8.00. The molecule has 0 aliphatic carbocycles. The lowest BCUT2D eigenvalue weighted by molar-refractivity contribution is -0.116. The minimum absolute atomic E-state index is 0.0865. The lowest BCUT2D eigenvalue weighted by atomic mass is 10.1. The van der Waals surface area contributed by atoms with Crippen molar-refractivity contribution >= 4 is 28.6 Å². The minimum Gasteiger partial charge on any atom is -0.431 e. The molecule has 0 N–H and O–H groups in total. The molecule has 0 aliphatic heterocycles. The predicted octanol–water partition coefficient (Wildman–Crippen LogP) is 4.25. The van der Waals surface area contributed by atoms with Crippen LogP contribution in [-0.2, 0) is 4.79 Å². The standard InChI is InChI=1S/C16H13NO2S/c1-11(18)15(12-7-3-2-4-8-12)20-16-17-13-9-5-6-10-14(13)19-16/h2-10,15H,1H3/t15-/m1/s1. The molecule has 20 heavy (non-hydrogen) atoms. The maximum absolute atomic E-state index is 11.9. The molecule has 0 unspecified atom stereocenters. The van der Waals surface area contributed by atoms with E-state index >= 15 is 0 Å². The number of hydrogen-bond donors (Lipinski definition) is 0. The van der Waals surface area contributed by atoms with E-state index in [0.29, 0.717) is 5.22 Å². The summed E-state index contributed by atoms with van der Waals surface area (Å²) in [6.45, 7) is 1.59. The molecular formula is C16H13NO2S. The van der Waals surface area contributed by atoms with Crippen LogP contribution in [0.1, 0.15) is 17.7 Å². The highest BCUT2D eigenvalue weighted by Gasteiger charge is 2.21. The van der Waals surface area contributed by atoms with Gasteiger partial charge in [-0.15, -0.1) is 0 Å². The summed E-state index contributed by atoms with van der Waals surface area (Å²) in [4.78, 5) is 16.3. The summed E-state index contributed by atoms with van der Waals surface area (Å²) in [6, 6.07) is 17.3. The van der Waals surface area contributed by atoms with Crippen LogP contribution in [0.5, 0.6) is 0 Å². The van der Waals surface area contributed by atoms with Gasteiger partial charge in [0.15, 0.2) is 5.58 Å². The highest BCUT2D eigenvalue weighted by atomic mass is 32.2. The molecule has 3 nitrogen and oxygen atoms in total. The van der Waals surface area contributed by atoms with E-state index in [1.807, 2.05) is 54.6 Å². The topological polar surface area (TPSA) is 43.1 Å². The molecule has 0 saturated heterocycles. The zero-order chi connectivity index (χ0) is 13.9. The Morgan fingerprint density at radius 1 is 1.10 bits per heavy atom. The Hall–Kier alpha value is -2.07. The van der Waals surface area contributed by atoms with E-state index < -0.39 is 0 Å². The third-order valence-corrected chi connectivity index (χ3v) is 4.18. The Kier molecular flexibility index (Phi) is 3.56. The van der Waals surface area contributed by atoms with E-state index in [0.717, 1.165) is 16.7 Å². The van der Waals surface area contributed by atoms with Crippen molar-refractivity contribution in [1.29, 1.82) is 0 Å². The largest absolute Gasteiger partial charge is 0.431 e. The lowest BCUT2D eigenvalue weighted by Crippen LogP contribution is -2.04. The number of rotatable bonds is 4. The molecule has 100 valence electrons. The summed E-state index contributed by atoms with van der Waals surface area (Å²) in [5.74, 6) is 0.0865. The molecule has 1 heterocycles. The van der Waals surface area contributed by atoms with E-state index in [-0.39, 0.29) is 11.0 Å². The molecule has 0 amide bonds. The van der Waals surface area contributed by atoms with Gasteiger partial charge in [-0.2, -0.15) is 0 Å². The summed E-state index contributed by atoms with van der Waals surface area (Å²) < 4.78 is 5.67. The average molecular weight is 283 g/mol. The first-order valence-corrected chi connectivity index (χ1v) is 7.19. The number of benzene rings is 2. The van der Waals surface area contributed by atoms with E-state index in [1.165, 1.54) is 11.8 Å². The molecular weight excluding hydrogens is 270 g/mol. The van der Waals surface area contributed by atoms with Gasteiger partial charge in [-0.3, -0.25) is 4.79 Å². The van der Waals surface area contributed by atoms with Crippen LogP contribution >= 0.6 is 11.8 Å². The van der Waals surface area contributed by atoms with Crippen molar-refractivity contribution in [3.05, 3.63) is 60.2 Å². The number of hydrogen-bond acceptors (Lipinski definition) is 4. The first-order valence-electron chi connectivity index (χ1n) is 6.31. The summed E-state index contributed by atoms with van der Waals surface area (Å²) in [6.07, 6.45) is 0. The fraction of sp³-hybridized carbons (Fsp3) is 0.125. The summed E-state index contributed by atoms with van der Waals surface area (Å²) >= 11 is 1.35. The van der Waals surface area contributed by atoms with Crippen molar-refractivity contribution in [3.63, 3.8) is 0 Å². The molecule has 0 fully saturated rings. The van der Waals surface area contributed by atoms with Crippen molar-refractivity contribution in [1.82, 2.24) is 4.98 Å². The molecule has 0 aliphatic rings. The van der Waals surface area contributed by atoms with Crippen LogP contribution in [0.25, 0.3) is 11.1 Å². The number of fused-ring (bicyclic) bond motifs is 1. The molecule has 0 radical (unpaired) electrons. The van der Waals surface area contributed by atoms with E-state index in [9.17, 15) is 4.79 Å². The van der Waals surface area contributed by atoms with Crippen LogP contribution < -0.4 is 0 Å². The molecule has 4 heteroatoms. The van der Waals surface area contributed by atoms with Gasteiger partial charge in [0.1, 0.15) is 11.3 Å². The molecule has 0 bridgehead atoms. The Morgan fingerprint density at radius 2 is 1.80 bits per heavy atom. The second-order valence-electron chi connectivity index (χ2n) is 4.47. The molecule has 3 aromatic rings. The molecule has 0 spiro atoms. The number of Topliss-reactive ketones (excluding diaryl/α,β-unsaturated/α-hetero) is 1. The quantitative estimate of drug-likeness (QED) is 0.671. The zero-order valence-electron chi connectivity index (χ0n) is 10.9. The van der Waals surface area contributed by atoms with Crippen molar-refractivity contribution in [2.75, 3.05) is 0 Å². The first kappa shape index (κ1) is 12.9. The van der Waals surface area contributed by atoms with Gasteiger partial charge in [0.05, 0.1) is 5.25 Å². The number of ketones is 1. The third-order valence-electron chi connectivity index (χ3n) is 2.96. The van der Waals surface area contributed by atoms with E-state index in [2.05, 4.69) is 4.98 Å². The van der Waals surface area contributed by atoms with Crippen LogP contribution in [-0.4, -0.2) is 10.8 Å². The number of thioether (sulfide) groups is 1. The fourth-order valence-electron chi connectivity index (χ4n) is 2.02. The van der Waals surface area contributed by atoms with Gasteiger partial charge in [-0.1, -0.05) is 54.2 Å². The number of nitrogens with zero attached hydrogens (tertiary/aromatic N) is 1. The Balaban J connectivity index is 1.92. The van der Waals surface area contributed by atoms with Gasteiger partial charge in [-0.25, -0.2) is 4.98 Å². The maximum atomic E-state index is 11.9. The first-order chi connectivity index (χ1) is 9.74. The van der Waals surface area contributed by atoms with Gasteiger partial charge in [0.2, 0.25) is 0 Å². The number of oxazole rings is 1. The zero-order valence-corrected chi connectivity index (χ0v) is 11.8. The molecule has 0 saturated carbocycles. The molecule has 3 rings (SSSR count). The van der Waals surface area contributed by atoms with Crippen molar-refractivity contribution < 1.29 is 9.21 Å². The smallest absolute Gasteiger partial charge is 0.257 e. The fourth-order valence-corrected chi connectivity index (χ4v) is 2.97. The second-order valence-corrected chi connectivity index (χ2v) is 5.52. The molecule has 1 atom stereocenters. The molecule has 2 aromatic carbocycles. The summed E-state index contributed by atoms with van der Waals surface area (Å²) in [7, 11) is 0. The van der Waals surface area contributed by atoms with Gasteiger partial charge >= 0.3 is 0 Å². The number of para-hydroxylation sites is 2. The van der Waals surface area contributed by atoms with Crippen LogP contribution in [0.2, 0.25) is 0 Å². The number of aromatic nitrogens is 1. The minimum atomic E-state index is -0.288. The lowest BCUT2D eigenvalue weighted by Gasteiger charge is -2.10. The summed E-state index contributed by atoms with van der Waals surface area (Å²) in [5.41, 5.74) is 2.52. The van der Waals surface area contributed by atoms with E-state index in [4.69, 9.17) is 4.42 Å². The van der Waals surface area contributed by atoms with Crippen LogP contribution in [0.15, 0.2) is 64.2 Å². The normalized spacial score (nSPS) is 12.4. The van der Waals surface area contributed by atoms with Gasteiger partial charge in [0.25, 0.3) is 5.22 Å². The monoisotopic (exact) mass is 283 g/mol. The second kappa shape index (κ2) is 5.51. The highest BCUT2D eigenvalue weighted by Crippen LogP contribution is 2.36. The van der Waals surface area contributed by atoms with Crippen molar-refractivity contribution in [2.45, 2.75) is 17.4 Å². The number of carbonyl (C=O) groups excluding carboxylic acids is 1. The van der Waals surface area contributed by atoms with Crippen LogP contribution in [0.4, 0.5) is 0 Å². The maximum Gasteiger partial charge on any atom is 0.257 e. The Labute approximate surface area is 121 Å². The van der Waals surface area contributed by atoms with Crippen molar-refractivity contribution in [3.8, 4) is 0 Å². The summed E-state index contributed by atoms with van der Waals surface area (Å²) in [5, 5.41) is 0.236. The Morgan fingerprint density at radius 3 is 2.50 bits per heavy atom.